The van der Waals surface area contributed by atoms with E-state index in [4.69, 9.17) is 42.9 Å². The van der Waals surface area contributed by atoms with Gasteiger partial charge in [0.25, 0.3) is 0 Å². The van der Waals surface area contributed by atoms with Gasteiger partial charge in [0.1, 0.15) is 46.8 Å². The average molecular weight is 743 g/mol. The van der Waals surface area contributed by atoms with Gasteiger partial charge >= 0.3 is 5.97 Å². The molecule has 3 N–H and O–H groups in total. The van der Waals surface area contributed by atoms with Crippen LogP contribution in [0.1, 0.15) is 94.9 Å². The van der Waals surface area contributed by atoms with Gasteiger partial charge in [-0.05, 0) is 75.4 Å². The zero-order valence-electron chi connectivity index (χ0n) is 33.5. The first kappa shape index (κ1) is 41.7. The zero-order chi connectivity index (χ0) is 38.7. The van der Waals surface area contributed by atoms with Gasteiger partial charge in [0.15, 0.2) is 18.5 Å². The number of hydrogen-bond donors (Lipinski definition) is 3. The second kappa shape index (κ2) is 15.2. The van der Waals surface area contributed by atoms with Crippen LogP contribution < -0.4 is 0 Å². The van der Waals surface area contributed by atoms with Crippen molar-refractivity contribution in [2.75, 3.05) is 27.8 Å². The number of nitrogens with zero attached hydrogens (tertiary/aromatic N) is 2. The van der Waals surface area contributed by atoms with Gasteiger partial charge in [0.2, 0.25) is 0 Å². The van der Waals surface area contributed by atoms with Gasteiger partial charge in [-0.3, -0.25) is 4.79 Å². The molecule has 5 heterocycles. The van der Waals surface area contributed by atoms with Gasteiger partial charge in [-0.15, -0.1) is 0 Å². The van der Waals surface area contributed by atoms with Crippen molar-refractivity contribution < 1.29 is 58.0 Å². The number of methoxy groups -OCH3 is 1. The van der Waals surface area contributed by atoms with Gasteiger partial charge in [-0.1, -0.05) is 20.8 Å². The summed E-state index contributed by atoms with van der Waals surface area (Å²) in [6.45, 7) is 18.9. The highest BCUT2D eigenvalue weighted by Gasteiger charge is 2.67. The highest BCUT2D eigenvalue weighted by atomic mass is 16.7. The largest absolute Gasteiger partial charge is 0.472 e. The molecule has 0 aliphatic carbocycles. The molecule has 14 nitrogen and oxygen atoms in total. The Kier molecular flexibility index (Phi) is 12.2. The number of cyclic esters (lactones) is 1. The normalized spacial score (nSPS) is 51.8. The predicted molar refractivity (Wildman–Crippen MR) is 191 cm³/mol. The van der Waals surface area contributed by atoms with Crippen molar-refractivity contribution in [2.45, 2.75) is 185 Å². The molecule has 0 radical (unpaired) electrons. The summed E-state index contributed by atoms with van der Waals surface area (Å²) < 4.78 is 51.3. The van der Waals surface area contributed by atoms with Gasteiger partial charge < -0.3 is 58.1 Å². The van der Waals surface area contributed by atoms with Crippen LogP contribution in [0.2, 0.25) is 0 Å². The van der Waals surface area contributed by atoms with Crippen LogP contribution in [0.4, 0.5) is 0 Å². The number of rotatable bonds is 7. The molecule has 4 unspecified atom stereocenters. The summed E-state index contributed by atoms with van der Waals surface area (Å²) in [7, 11) is 5.49. The third kappa shape index (κ3) is 7.55. The summed E-state index contributed by atoms with van der Waals surface area (Å²) in [5, 5.41) is 34.7. The van der Waals surface area contributed by atoms with Crippen molar-refractivity contribution in [2.24, 2.45) is 22.7 Å². The molecule has 0 amide bonds. The number of carbonyl (C=O) groups is 1. The van der Waals surface area contributed by atoms with Crippen molar-refractivity contribution >= 4 is 11.9 Å². The lowest BCUT2D eigenvalue weighted by molar-refractivity contribution is -0.312. The van der Waals surface area contributed by atoms with Crippen LogP contribution in [0.15, 0.2) is 4.99 Å². The molecule has 14 heteroatoms. The molecule has 0 aromatic rings. The van der Waals surface area contributed by atoms with Crippen molar-refractivity contribution in [3.05, 3.63) is 0 Å². The lowest BCUT2D eigenvalue weighted by atomic mass is 9.78. The number of aliphatic hydroxyl groups is 3. The number of ether oxygens (including phenoxy) is 8. The maximum atomic E-state index is 14.2. The fourth-order valence-electron chi connectivity index (χ4n) is 9.28. The maximum Gasteiger partial charge on any atom is 0.311 e. The second-order valence-electron chi connectivity index (χ2n) is 17.1. The SMILES string of the molecule is CC[C@H]1OC(=O)[C@H](C)[C@@H](O[C@H]2CC(C)(OC)[C@]3(CO3)C(C)O2)[C@H](C)[C@@H](O[C@@H]2OC(C)C[C@@H](N(C)C)C2O)[C@]2(C)C[C@@H](C)C(=N[C@H](C)[C@@H](O)[C@]1(C)O)O2. The summed E-state index contributed by atoms with van der Waals surface area (Å²) >= 11 is 0. The highest BCUT2D eigenvalue weighted by Crippen LogP contribution is 2.51. The zero-order valence-corrected chi connectivity index (χ0v) is 33.5. The van der Waals surface area contributed by atoms with Gasteiger partial charge in [0, 0.05) is 37.8 Å². The summed E-state index contributed by atoms with van der Waals surface area (Å²) in [6.07, 6.45) is -5.84. The number of epoxide rings is 1. The maximum absolute atomic E-state index is 14.2. The van der Waals surface area contributed by atoms with Crippen LogP contribution >= 0.6 is 0 Å². The van der Waals surface area contributed by atoms with Crippen molar-refractivity contribution in [3.63, 3.8) is 0 Å². The lowest BCUT2D eigenvalue weighted by Gasteiger charge is -2.49. The number of hydrogen-bond acceptors (Lipinski definition) is 14. The monoisotopic (exact) mass is 742 g/mol. The molecule has 0 aromatic carbocycles. The molecule has 5 aliphatic rings. The molecule has 18 atom stereocenters. The first-order valence-electron chi connectivity index (χ1n) is 19.2. The molecule has 5 aliphatic heterocycles. The topological polar surface area (TPSA) is 170 Å². The second-order valence-corrected chi connectivity index (χ2v) is 17.1. The fourth-order valence-corrected chi connectivity index (χ4v) is 9.28. The quantitative estimate of drug-likeness (QED) is 0.257. The Balaban J connectivity index is 1.60. The van der Waals surface area contributed by atoms with Crippen LogP contribution in [0, 0.1) is 17.8 Å². The Labute approximate surface area is 309 Å². The minimum Gasteiger partial charge on any atom is -0.472 e. The predicted octanol–water partition coefficient (Wildman–Crippen LogP) is 2.81. The third-order valence-corrected chi connectivity index (χ3v) is 12.8. The molecule has 4 saturated heterocycles. The number of carbonyl (C=O) groups excluding carboxylic acids is 1. The van der Waals surface area contributed by atoms with Crippen LogP contribution in [0.25, 0.3) is 0 Å². The van der Waals surface area contributed by atoms with Crippen LogP contribution in [-0.4, -0.2) is 150 Å². The molecule has 0 saturated carbocycles. The summed E-state index contributed by atoms with van der Waals surface area (Å²) in [5.41, 5.74) is -4.20. The lowest BCUT2D eigenvalue weighted by Crippen LogP contribution is -2.61. The van der Waals surface area contributed by atoms with E-state index >= 15 is 0 Å². The minimum absolute atomic E-state index is 0.185. The minimum atomic E-state index is -1.83. The summed E-state index contributed by atoms with van der Waals surface area (Å²) in [5.74, 6) is -1.89. The molecule has 5 rings (SSSR count). The van der Waals surface area contributed by atoms with E-state index in [0.29, 0.717) is 31.8 Å². The van der Waals surface area contributed by atoms with E-state index in [1.807, 2.05) is 60.5 Å². The molecule has 4 fully saturated rings. The van der Waals surface area contributed by atoms with Gasteiger partial charge in [0.05, 0.1) is 36.9 Å². The van der Waals surface area contributed by atoms with E-state index in [9.17, 15) is 20.1 Å². The molecule has 300 valence electrons. The van der Waals surface area contributed by atoms with E-state index < -0.39 is 89.4 Å². The van der Waals surface area contributed by atoms with E-state index in [-0.39, 0.29) is 30.6 Å². The van der Waals surface area contributed by atoms with Gasteiger partial charge in [-0.2, -0.15) is 0 Å². The Bertz CT molecular complexity index is 1290. The Morgan fingerprint density at radius 3 is 2.23 bits per heavy atom. The molecule has 0 aromatic heterocycles. The first-order chi connectivity index (χ1) is 24.1. The van der Waals surface area contributed by atoms with Crippen molar-refractivity contribution in [1.82, 2.24) is 4.90 Å². The highest BCUT2D eigenvalue weighted by molar-refractivity contribution is 5.81. The van der Waals surface area contributed by atoms with E-state index in [1.165, 1.54) is 6.92 Å². The number of aliphatic hydroxyl groups excluding tert-OH is 2. The molecular formula is C38H66N2O12. The third-order valence-electron chi connectivity index (χ3n) is 12.8. The summed E-state index contributed by atoms with van der Waals surface area (Å²) in [6, 6.07) is -1.01. The molecule has 1 spiro atoms. The van der Waals surface area contributed by atoms with Crippen LogP contribution in [0.3, 0.4) is 0 Å². The van der Waals surface area contributed by atoms with E-state index in [1.54, 1.807) is 27.9 Å². The Morgan fingerprint density at radius 1 is 1.00 bits per heavy atom. The number of aliphatic imine (C=N–C) groups is 1. The van der Waals surface area contributed by atoms with Crippen molar-refractivity contribution in [3.8, 4) is 0 Å². The smallest absolute Gasteiger partial charge is 0.311 e. The van der Waals surface area contributed by atoms with E-state index in [2.05, 4.69) is 0 Å². The number of fused-ring (bicyclic) bond motifs is 2. The standard InChI is InChI=1S/C38H66N2O12/c1-14-26-37(10,44)30(42)23(6)39-32-19(2)16-35(8,52-32)31(51-34-28(41)25(40(11)12)15-20(3)47-34)21(4)29(22(5)33(43)49-26)50-27-17-36(9,45-13)38(18-46-38)24(7)48-27/h19-31,34,41-42,44H,14-18H2,1-13H3/t19-,20?,21+,22-,23-,24?,25-,26-,27+,28?,29+,30-,31-,34+,35+,36?,37-,38+/m1/s1. The number of likely N-dealkylation sites (N-methyl/N-ethyl adjacent to an activating group) is 1. The van der Waals surface area contributed by atoms with Gasteiger partial charge in [-0.25, -0.2) is 4.99 Å². The average Bonchev–Trinajstić information content (AvgIpc) is 3.84. The first-order valence-corrected chi connectivity index (χ1v) is 19.2. The Morgan fingerprint density at radius 2 is 1.65 bits per heavy atom. The molecule has 52 heavy (non-hydrogen) atoms. The van der Waals surface area contributed by atoms with Crippen LogP contribution in [-0.2, 0) is 42.7 Å². The summed E-state index contributed by atoms with van der Waals surface area (Å²) in [4.78, 5) is 21.0. The molecular weight excluding hydrogens is 676 g/mol. The molecule has 2 bridgehead atoms. The number of esters is 1. The fraction of sp³-hybridized carbons (Fsp3) is 0.947. The van der Waals surface area contributed by atoms with Crippen LogP contribution in [0.5, 0.6) is 0 Å². The van der Waals surface area contributed by atoms with Crippen molar-refractivity contribution in [1.29, 1.82) is 0 Å². The Hall–Kier alpha value is -1.46. The van der Waals surface area contributed by atoms with E-state index in [0.717, 1.165) is 0 Å².